The summed E-state index contributed by atoms with van der Waals surface area (Å²) in [4.78, 5) is 37.7. The van der Waals surface area contributed by atoms with Crippen LogP contribution in [-0.4, -0.2) is 27.7 Å². The summed E-state index contributed by atoms with van der Waals surface area (Å²) in [6.07, 6.45) is 10.0. The van der Waals surface area contributed by atoms with Crippen LogP contribution in [0.15, 0.2) is 58.4 Å². The summed E-state index contributed by atoms with van der Waals surface area (Å²) in [5.74, 6) is -4.81. The van der Waals surface area contributed by atoms with Gasteiger partial charge in [0.15, 0.2) is 11.5 Å². The number of aliphatic hydroxyl groups excluding tert-OH is 1. The van der Waals surface area contributed by atoms with Crippen molar-refractivity contribution >= 4 is 17.5 Å². The number of Topliss-reactive ketones (excluding diaryl/α,β-unsaturated/α-hetero) is 2. The minimum atomic E-state index is -1.13. The number of aliphatic hydroxyl groups is 1. The van der Waals surface area contributed by atoms with Gasteiger partial charge in [-0.2, -0.15) is 5.26 Å². The van der Waals surface area contributed by atoms with Gasteiger partial charge in [0.25, 0.3) is 0 Å². The fourth-order valence-corrected chi connectivity index (χ4v) is 4.67. The van der Waals surface area contributed by atoms with Gasteiger partial charge in [-0.05, 0) is 30.5 Å². The number of allylic oxidation sites excluding steroid dienone is 3. The second-order valence-corrected chi connectivity index (χ2v) is 9.16. The molecule has 0 saturated heterocycles. The molecule has 0 fully saturated rings. The maximum absolute atomic E-state index is 13.3. The number of nitrogens with two attached hydrogens (primary N) is 1. The number of unbranched alkanes of at least 4 members (excludes halogenated alkanes) is 8. The molecule has 3 rings (SSSR count). The van der Waals surface area contributed by atoms with Crippen molar-refractivity contribution in [1.82, 2.24) is 0 Å². The minimum absolute atomic E-state index is 0.00474. The Kier molecular flexibility index (Phi) is 9.07. The van der Waals surface area contributed by atoms with Crippen LogP contribution in [-0.2, 0) is 14.3 Å². The molecule has 1 heterocycles. The normalized spacial score (nSPS) is 17.7. The highest BCUT2D eigenvalue weighted by molar-refractivity contribution is 6.24. The van der Waals surface area contributed by atoms with Crippen LogP contribution in [0.2, 0.25) is 0 Å². The second kappa shape index (κ2) is 12.2. The Balaban J connectivity index is 1.76. The van der Waals surface area contributed by atoms with Gasteiger partial charge < -0.3 is 20.7 Å². The van der Waals surface area contributed by atoms with E-state index in [1.807, 2.05) is 6.07 Å². The monoisotopic (exact) mass is 492 g/mol. The van der Waals surface area contributed by atoms with Gasteiger partial charge in [-0.1, -0.05) is 70.4 Å². The standard InChI is InChI=1S/C28H32N2O6/c1-2-3-4-5-6-7-8-9-10-11-19-23(31)25(33)22-21(17-12-14-18(15-13-17)28(34)35)20(16-29)27(30)36-26(22)24(19)32/h12-15,21,31H,2-11,30H2,1H3,(H,34,35). The van der Waals surface area contributed by atoms with E-state index in [1.165, 1.54) is 56.4 Å². The molecule has 0 aromatic heterocycles. The van der Waals surface area contributed by atoms with E-state index >= 15 is 0 Å². The van der Waals surface area contributed by atoms with E-state index in [2.05, 4.69) is 6.92 Å². The summed E-state index contributed by atoms with van der Waals surface area (Å²) < 4.78 is 5.47. The molecule has 190 valence electrons. The smallest absolute Gasteiger partial charge is 0.335 e. The molecule has 36 heavy (non-hydrogen) atoms. The summed E-state index contributed by atoms with van der Waals surface area (Å²) in [6, 6.07) is 7.48. The van der Waals surface area contributed by atoms with Crippen LogP contribution in [0.5, 0.6) is 0 Å². The quantitative estimate of drug-likeness (QED) is 0.261. The van der Waals surface area contributed by atoms with Gasteiger partial charge in [0, 0.05) is 5.57 Å². The number of hydrogen-bond acceptors (Lipinski definition) is 7. The van der Waals surface area contributed by atoms with Crippen LogP contribution in [0.1, 0.15) is 93.0 Å². The Labute approximate surface area is 210 Å². The Bertz CT molecular complexity index is 1170. The van der Waals surface area contributed by atoms with Crippen molar-refractivity contribution in [3.8, 4) is 6.07 Å². The van der Waals surface area contributed by atoms with E-state index < -0.39 is 29.2 Å². The number of nitrogens with zero attached hydrogens (tertiary/aromatic N) is 1. The first-order chi connectivity index (χ1) is 17.3. The molecule has 0 saturated carbocycles. The number of rotatable bonds is 12. The predicted octanol–water partition coefficient (Wildman–Crippen LogP) is 5.33. The number of carbonyl (C=O) groups excluding carboxylic acids is 2. The molecule has 1 aliphatic heterocycles. The lowest BCUT2D eigenvalue weighted by Crippen LogP contribution is -2.33. The summed E-state index contributed by atoms with van der Waals surface area (Å²) in [5.41, 5.74) is 6.10. The van der Waals surface area contributed by atoms with Gasteiger partial charge in [-0.15, -0.1) is 0 Å². The number of carbonyl (C=O) groups is 3. The number of benzene rings is 1. The Morgan fingerprint density at radius 2 is 1.58 bits per heavy atom. The number of ketones is 2. The van der Waals surface area contributed by atoms with Crippen molar-refractivity contribution in [1.29, 1.82) is 5.26 Å². The first-order valence-corrected chi connectivity index (χ1v) is 12.5. The van der Waals surface area contributed by atoms with E-state index in [9.17, 15) is 24.8 Å². The lowest BCUT2D eigenvalue weighted by molar-refractivity contribution is -0.120. The van der Waals surface area contributed by atoms with Gasteiger partial charge in [0.1, 0.15) is 11.6 Å². The summed E-state index contributed by atoms with van der Waals surface area (Å²) in [6.45, 7) is 2.19. The van der Waals surface area contributed by atoms with Crippen molar-refractivity contribution in [2.45, 2.75) is 77.0 Å². The molecular weight excluding hydrogens is 460 g/mol. The van der Waals surface area contributed by atoms with E-state index in [0.29, 0.717) is 12.0 Å². The molecule has 1 aromatic rings. The van der Waals surface area contributed by atoms with E-state index in [-0.39, 0.29) is 40.3 Å². The number of carboxylic acids is 1. The number of carboxylic acid groups (broad SMARTS) is 1. The molecule has 2 aliphatic rings. The van der Waals surface area contributed by atoms with Crippen molar-refractivity contribution in [2.75, 3.05) is 0 Å². The largest absolute Gasteiger partial charge is 0.504 e. The summed E-state index contributed by atoms with van der Waals surface area (Å²) >= 11 is 0. The topological polar surface area (TPSA) is 151 Å². The van der Waals surface area contributed by atoms with Crippen LogP contribution in [0.4, 0.5) is 0 Å². The third-order valence-corrected chi connectivity index (χ3v) is 6.67. The van der Waals surface area contributed by atoms with Crippen LogP contribution in [0.3, 0.4) is 0 Å². The third-order valence-electron chi connectivity index (χ3n) is 6.67. The van der Waals surface area contributed by atoms with Crippen molar-refractivity contribution in [3.05, 3.63) is 69.5 Å². The molecule has 8 nitrogen and oxygen atoms in total. The zero-order valence-electron chi connectivity index (χ0n) is 20.5. The highest BCUT2D eigenvalue weighted by Gasteiger charge is 2.44. The van der Waals surface area contributed by atoms with Crippen LogP contribution < -0.4 is 5.73 Å². The zero-order valence-corrected chi connectivity index (χ0v) is 20.5. The molecule has 1 unspecified atom stereocenters. The van der Waals surface area contributed by atoms with E-state index in [0.717, 1.165) is 19.3 Å². The number of nitriles is 1. The molecule has 0 spiro atoms. The molecule has 8 heteroatoms. The third kappa shape index (κ3) is 5.68. The van der Waals surface area contributed by atoms with Crippen molar-refractivity contribution in [2.24, 2.45) is 5.73 Å². The molecule has 4 N–H and O–H groups in total. The lowest BCUT2D eigenvalue weighted by Gasteiger charge is -2.30. The highest BCUT2D eigenvalue weighted by Crippen LogP contribution is 2.44. The van der Waals surface area contributed by atoms with Gasteiger partial charge in [-0.3, -0.25) is 9.59 Å². The Morgan fingerprint density at radius 3 is 2.14 bits per heavy atom. The predicted molar refractivity (Wildman–Crippen MR) is 133 cm³/mol. The Morgan fingerprint density at radius 1 is 1.00 bits per heavy atom. The molecular formula is C28H32N2O6. The highest BCUT2D eigenvalue weighted by atomic mass is 16.5. The second-order valence-electron chi connectivity index (χ2n) is 9.16. The van der Waals surface area contributed by atoms with Crippen LogP contribution in [0.25, 0.3) is 0 Å². The summed E-state index contributed by atoms with van der Waals surface area (Å²) in [7, 11) is 0. The number of hydrogen-bond donors (Lipinski definition) is 3. The van der Waals surface area contributed by atoms with Crippen molar-refractivity contribution in [3.63, 3.8) is 0 Å². The van der Waals surface area contributed by atoms with Crippen LogP contribution >= 0.6 is 0 Å². The SMILES string of the molecule is CCCCCCCCCCCC1=C(O)C(=O)C2=C(OC(N)=C(C#N)C2c2ccc(C(=O)O)cc2)C1=O. The first kappa shape index (κ1) is 26.7. The lowest BCUT2D eigenvalue weighted by atomic mass is 9.76. The molecule has 0 amide bonds. The van der Waals surface area contributed by atoms with Gasteiger partial charge in [0.05, 0.1) is 17.1 Å². The molecule has 1 aliphatic carbocycles. The fraction of sp³-hybridized carbons (Fsp3) is 0.429. The van der Waals surface area contributed by atoms with Crippen molar-refractivity contribution < 1.29 is 29.3 Å². The molecule has 0 bridgehead atoms. The molecule has 0 radical (unpaired) electrons. The average molecular weight is 493 g/mol. The molecule has 1 atom stereocenters. The fourth-order valence-electron chi connectivity index (χ4n) is 4.67. The maximum Gasteiger partial charge on any atom is 0.335 e. The van der Waals surface area contributed by atoms with Gasteiger partial charge in [-0.25, -0.2) is 4.79 Å². The van der Waals surface area contributed by atoms with Crippen LogP contribution in [0, 0.1) is 11.3 Å². The van der Waals surface area contributed by atoms with Gasteiger partial charge in [0.2, 0.25) is 17.4 Å². The van der Waals surface area contributed by atoms with E-state index in [1.54, 1.807) is 0 Å². The zero-order chi connectivity index (χ0) is 26.2. The maximum atomic E-state index is 13.3. The van der Waals surface area contributed by atoms with Gasteiger partial charge >= 0.3 is 5.97 Å². The first-order valence-electron chi connectivity index (χ1n) is 12.5. The summed E-state index contributed by atoms with van der Waals surface area (Å²) in [5, 5.41) is 29.5. The minimum Gasteiger partial charge on any atom is -0.504 e. The number of ether oxygens (including phenoxy) is 1. The Hall–Kier alpha value is -3.86. The van der Waals surface area contributed by atoms with E-state index in [4.69, 9.17) is 15.6 Å². The molecule has 1 aromatic carbocycles. The number of aromatic carboxylic acids is 1. The average Bonchev–Trinajstić information content (AvgIpc) is 2.87.